The third-order valence-corrected chi connectivity index (χ3v) is 3.65. The lowest BCUT2D eigenvalue weighted by Crippen LogP contribution is -2.26. The molecule has 3 nitrogen and oxygen atoms in total. The van der Waals surface area contributed by atoms with E-state index >= 15 is 0 Å². The van der Waals surface area contributed by atoms with E-state index in [4.69, 9.17) is 0 Å². The van der Waals surface area contributed by atoms with Crippen LogP contribution in [0, 0.1) is 12.8 Å². The third kappa shape index (κ3) is 2.87. The number of nitrogens with one attached hydrogen (secondary N) is 1. The van der Waals surface area contributed by atoms with Crippen LogP contribution < -0.4 is 5.32 Å². The van der Waals surface area contributed by atoms with E-state index in [1.807, 2.05) is 49.4 Å². The number of amides is 1. The molecular weight excluding hydrogens is 248 g/mol. The number of hydrogen-bond acceptors (Lipinski definition) is 2. The monoisotopic (exact) mass is 266 g/mol. The molecule has 3 heteroatoms. The molecule has 1 aromatic heterocycles. The highest BCUT2D eigenvalue weighted by Gasteiger charge is 2.22. The SMILES string of the molecule is Cc1nc(-c2ccccc2)ccc1C(=O)NCC1CC1. The molecule has 0 radical (unpaired) electrons. The summed E-state index contributed by atoms with van der Waals surface area (Å²) in [4.78, 5) is 16.6. The standard InChI is InChI=1S/C17H18N2O/c1-12-15(17(20)18-11-13-7-8-13)9-10-16(19-12)14-5-3-2-4-6-14/h2-6,9-10,13H,7-8,11H2,1H3,(H,18,20). The highest BCUT2D eigenvalue weighted by atomic mass is 16.1. The Morgan fingerprint density at radius 1 is 1.20 bits per heavy atom. The van der Waals surface area contributed by atoms with E-state index in [-0.39, 0.29) is 5.91 Å². The number of carbonyl (C=O) groups is 1. The average molecular weight is 266 g/mol. The van der Waals surface area contributed by atoms with E-state index in [0.29, 0.717) is 11.5 Å². The summed E-state index contributed by atoms with van der Waals surface area (Å²) in [6.45, 7) is 2.68. The summed E-state index contributed by atoms with van der Waals surface area (Å²) < 4.78 is 0. The van der Waals surface area contributed by atoms with E-state index in [0.717, 1.165) is 23.5 Å². The second-order valence-electron chi connectivity index (χ2n) is 5.35. The van der Waals surface area contributed by atoms with E-state index < -0.39 is 0 Å². The molecule has 2 aromatic rings. The van der Waals surface area contributed by atoms with Crippen molar-refractivity contribution in [3.05, 3.63) is 53.7 Å². The Labute approximate surface area is 119 Å². The fourth-order valence-electron chi connectivity index (χ4n) is 2.22. The van der Waals surface area contributed by atoms with E-state index in [2.05, 4.69) is 10.3 Å². The highest BCUT2D eigenvalue weighted by Crippen LogP contribution is 2.27. The van der Waals surface area contributed by atoms with E-state index in [9.17, 15) is 4.79 Å². The molecule has 20 heavy (non-hydrogen) atoms. The largest absolute Gasteiger partial charge is 0.352 e. The van der Waals surface area contributed by atoms with Crippen molar-refractivity contribution in [1.82, 2.24) is 10.3 Å². The van der Waals surface area contributed by atoms with Crippen LogP contribution in [0.15, 0.2) is 42.5 Å². The summed E-state index contributed by atoms with van der Waals surface area (Å²) in [7, 11) is 0. The van der Waals surface area contributed by atoms with Crippen molar-refractivity contribution in [1.29, 1.82) is 0 Å². The van der Waals surface area contributed by atoms with Gasteiger partial charge in [-0.1, -0.05) is 30.3 Å². The Morgan fingerprint density at radius 3 is 2.60 bits per heavy atom. The first-order chi connectivity index (χ1) is 9.74. The van der Waals surface area contributed by atoms with Gasteiger partial charge in [-0.15, -0.1) is 0 Å². The molecule has 102 valence electrons. The number of carbonyl (C=O) groups excluding carboxylic acids is 1. The molecule has 0 bridgehead atoms. The summed E-state index contributed by atoms with van der Waals surface area (Å²) in [6, 6.07) is 13.8. The number of nitrogens with zero attached hydrogens (tertiary/aromatic N) is 1. The lowest BCUT2D eigenvalue weighted by atomic mass is 10.1. The molecule has 1 saturated carbocycles. The quantitative estimate of drug-likeness (QED) is 0.923. The fourth-order valence-corrected chi connectivity index (χ4v) is 2.22. The lowest BCUT2D eigenvalue weighted by Gasteiger charge is -2.08. The van der Waals surface area contributed by atoms with Gasteiger partial charge in [-0.25, -0.2) is 0 Å². The van der Waals surface area contributed by atoms with Gasteiger partial charge in [0.05, 0.1) is 17.0 Å². The molecule has 0 saturated heterocycles. The zero-order valence-electron chi connectivity index (χ0n) is 11.6. The maximum Gasteiger partial charge on any atom is 0.253 e. The van der Waals surface area contributed by atoms with Crippen LogP contribution in [-0.2, 0) is 0 Å². The maximum atomic E-state index is 12.1. The zero-order valence-corrected chi connectivity index (χ0v) is 11.6. The Kier molecular flexibility index (Phi) is 3.50. The van der Waals surface area contributed by atoms with Crippen LogP contribution in [0.3, 0.4) is 0 Å². The minimum atomic E-state index is -0.0125. The van der Waals surface area contributed by atoms with Crippen molar-refractivity contribution in [2.24, 2.45) is 5.92 Å². The van der Waals surface area contributed by atoms with Gasteiger partial charge in [0, 0.05) is 12.1 Å². The number of aryl methyl sites for hydroxylation is 1. The Hall–Kier alpha value is -2.16. The van der Waals surface area contributed by atoms with Gasteiger partial charge in [-0.05, 0) is 37.8 Å². The number of aromatic nitrogens is 1. The van der Waals surface area contributed by atoms with Gasteiger partial charge in [0.2, 0.25) is 0 Å². The summed E-state index contributed by atoms with van der Waals surface area (Å²) in [6.07, 6.45) is 2.48. The minimum absolute atomic E-state index is 0.0125. The Balaban J connectivity index is 1.78. The highest BCUT2D eigenvalue weighted by molar-refractivity contribution is 5.95. The van der Waals surface area contributed by atoms with Gasteiger partial charge in [0.15, 0.2) is 0 Å². The van der Waals surface area contributed by atoms with Crippen LogP contribution in [0.5, 0.6) is 0 Å². The zero-order chi connectivity index (χ0) is 13.9. The molecule has 0 atom stereocenters. The van der Waals surface area contributed by atoms with Gasteiger partial charge in [-0.3, -0.25) is 9.78 Å². The molecule has 0 aliphatic heterocycles. The summed E-state index contributed by atoms with van der Waals surface area (Å²) in [5, 5.41) is 2.98. The molecule has 1 heterocycles. The predicted octanol–water partition coefficient (Wildman–Crippen LogP) is 3.20. The maximum absolute atomic E-state index is 12.1. The fraction of sp³-hybridized carbons (Fsp3) is 0.294. The lowest BCUT2D eigenvalue weighted by molar-refractivity contribution is 0.0951. The van der Waals surface area contributed by atoms with Gasteiger partial charge in [0.25, 0.3) is 5.91 Å². The summed E-state index contributed by atoms with van der Waals surface area (Å²) in [5.74, 6) is 0.678. The normalized spacial score (nSPS) is 14.1. The minimum Gasteiger partial charge on any atom is -0.352 e. The molecule has 0 unspecified atom stereocenters. The van der Waals surface area contributed by atoms with Crippen LogP contribution in [-0.4, -0.2) is 17.4 Å². The molecule has 1 amide bonds. The van der Waals surface area contributed by atoms with Crippen molar-refractivity contribution in [3.8, 4) is 11.3 Å². The molecule has 1 aliphatic carbocycles. The Bertz CT molecular complexity index is 618. The van der Waals surface area contributed by atoms with E-state index in [1.54, 1.807) is 0 Å². The van der Waals surface area contributed by atoms with Crippen LogP contribution in [0.2, 0.25) is 0 Å². The topological polar surface area (TPSA) is 42.0 Å². The van der Waals surface area contributed by atoms with Crippen LogP contribution in [0.25, 0.3) is 11.3 Å². The third-order valence-electron chi connectivity index (χ3n) is 3.65. The van der Waals surface area contributed by atoms with Gasteiger partial charge < -0.3 is 5.32 Å². The van der Waals surface area contributed by atoms with Crippen LogP contribution >= 0.6 is 0 Å². The first-order valence-corrected chi connectivity index (χ1v) is 7.05. The van der Waals surface area contributed by atoms with Crippen molar-refractivity contribution in [3.63, 3.8) is 0 Å². The van der Waals surface area contributed by atoms with E-state index in [1.165, 1.54) is 12.8 Å². The second kappa shape index (κ2) is 5.45. The van der Waals surface area contributed by atoms with Gasteiger partial charge in [-0.2, -0.15) is 0 Å². The summed E-state index contributed by atoms with van der Waals surface area (Å²) >= 11 is 0. The smallest absolute Gasteiger partial charge is 0.253 e. The average Bonchev–Trinajstić information content (AvgIpc) is 3.30. The molecule has 1 N–H and O–H groups in total. The first kappa shape index (κ1) is 12.9. The molecule has 3 rings (SSSR count). The number of benzene rings is 1. The number of pyridine rings is 1. The van der Waals surface area contributed by atoms with Crippen molar-refractivity contribution >= 4 is 5.91 Å². The first-order valence-electron chi connectivity index (χ1n) is 7.05. The van der Waals surface area contributed by atoms with Gasteiger partial charge >= 0.3 is 0 Å². The van der Waals surface area contributed by atoms with Crippen molar-refractivity contribution in [2.75, 3.05) is 6.54 Å². The van der Waals surface area contributed by atoms with Crippen LogP contribution in [0.1, 0.15) is 28.9 Å². The molecule has 1 aliphatic rings. The Morgan fingerprint density at radius 2 is 1.95 bits per heavy atom. The van der Waals surface area contributed by atoms with Gasteiger partial charge in [0.1, 0.15) is 0 Å². The number of hydrogen-bond donors (Lipinski definition) is 1. The molecule has 1 aromatic carbocycles. The van der Waals surface area contributed by atoms with Crippen LogP contribution in [0.4, 0.5) is 0 Å². The van der Waals surface area contributed by atoms with Crippen molar-refractivity contribution < 1.29 is 4.79 Å². The number of rotatable bonds is 4. The molecular formula is C17H18N2O. The second-order valence-corrected chi connectivity index (χ2v) is 5.35. The van der Waals surface area contributed by atoms with Crippen molar-refractivity contribution in [2.45, 2.75) is 19.8 Å². The predicted molar refractivity (Wildman–Crippen MR) is 79.5 cm³/mol. The molecule has 0 spiro atoms. The summed E-state index contributed by atoms with van der Waals surface area (Å²) in [5.41, 5.74) is 3.42. The molecule has 1 fully saturated rings.